The molecular weight excluding hydrogens is 172 g/mol. The van der Waals surface area contributed by atoms with Crippen LogP contribution in [-0.4, -0.2) is 28.5 Å². The Morgan fingerprint density at radius 1 is 1.46 bits per heavy atom. The Labute approximate surface area is 76.7 Å². The van der Waals surface area contributed by atoms with E-state index < -0.39 is 0 Å². The third kappa shape index (κ3) is 3.52. The fraction of sp³-hybridized carbons (Fsp3) is 0.750. The van der Waals surface area contributed by atoms with Gasteiger partial charge in [0.1, 0.15) is 6.61 Å². The van der Waals surface area contributed by atoms with Gasteiger partial charge in [-0.25, -0.2) is 0 Å². The van der Waals surface area contributed by atoms with Gasteiger partial charge in [-0.05, 0) is 6.42 Å². The highest BCUT2D eigenvalue weighted by atomic mass is 16.5. The van der Waals surface area contributed by atoms with Crippen LogP contribution in [0.2, 0.25) is 0 Å². The molecule has 74 valence electrons. The monoisotopic (exact) mass is 186 g/mol. The van der Waals surface area contributed by atoms with Crippen molar-refractivity contribution in [3.63, 3.8) is 0 Å². The Bertz CT molecular complexity index is 237. The van der Waals surface area contributed by atoms with Crippen molar-refractivity contribution >= 4 is 0 Å². The van der Waals surface area contributed by atoms with Gasteiger partial charge < -0.3 is 14.4 Å². The van der Waals surface area contributed by atoms with Crippen LogP contribution < -0.4 is 0 Å². The van der Waals surface area contributed by atoms with Gasteiger partial charge in [0.25, 0.3) is 0 Å². The molecule has 0 bridgehead atoms. The van der Waals surface area contributed by atoms with Crippen LogP contribution in [0.4, 0.5) is 0 Å². The van der Waals surface area contributed by atoms with E-state index in [1.807, 2.05) is 0 Å². The molecule has 1 N–H and O–H groups in total. The molecule has 0 aromatic carbocycles. The first-order valence-electron chi connectivity index (χ1n) is 4.37. The molecule has 0 aliphatic carbocycles. The van der Waals surface area contributed by atoms with Gasteiger partial charge in [0.05, 0.1) is 13.0 Å². The summed E-state index contributed by atoms with van der Waals surface area (Å²) in [6.45, 7) is 3.21. The van der Waals surface area contributed by atoms with Gasteiger partial charge in [-0.3, -0.25) is 0 Å². The summed E-state index contributed by atoms with van der Waals surface area (Å²) in [5.41, 5.74) is 0. The van der Waals surface area contributed by atoms with Gasteiger partial charge in [-0.1, -0.05) is 12.1 Å². The molecular formula is C8H14N2O3. The van der Waals surface area contributed by atoms with Crippen LogP contribution in [0.1, 0.15) is 25.1 Å². The van der Waals surface area contributed by atoms with E-state index in [-0.39, 0.29) is 6.61 Å². The van der Waals surface area contributed by atoms with Crippen LogP contribution in [0, 0.1) is 0 Å². The SMILES string of the molecule is CCCOCCc1nc(CO)no1. The van der Waals surface area contributed by atoms with Crippen molar-refractivity contribution in [2.75, 3.05) is 13.2 Å². The molecule has 5 nitrogen and oxygen atoms in total. The summed E-state index contributed by atoms with van der Waals surface area (Å²) in [5, 5.41) is 12.2. The smallest absolute Gasteiger partial charge is 0.229 e. The zero-order chi connectivity index (χ0) is 9.52. The number of aliphatic hydroxyl groups excluding tert-OH is 1. The summed E-state index contributed by atoms with van der Waals surface area (Å²) in [6, 6.07) is 0. The highest BCUT2D eigenvalue weighted by molar-refractivity contribution is 4.83. The molecule has 1 aromatic heterocycles. The highest BCUT2D eigenvalue weighted by Crippen LogP contribution is 1.98. The molecule has 5 heteroatoms. The quantitative estimate of drug-likeness (QED) is 0.656. The zero-order valence-electron chi connectivity index (χ0n) is 7.69. The molecule has 0 amide bonds. The summed E-state index contributed by atoms with van der Waals surface area (Å²) < 4.78 is 10.1. The van der Waals surface area contributed by atoms with Gasteiger partial charge in [0, 0.05) is 6.61 Å². The lowest BCUT2D eigenvalue weighted by molar-refractivity contribution is 0.132. The molecule has 0 fully saturated rings. The topological polar surface area (TPSA) is 68.4 Å². The Kier molecular flexibility index (Phi) is 4.42. The predicted molar refractivity (Wildman–Crippen MR) is 45.0 cm³/mol. The predicted octanol–water partition coefficient (Wildman–Crippen LogP) is 0.531. The second kappa shape index (κ2) is 5.66. The number of hydrogen-bond acceptors (Lipinski definition) is 5. The molecule has 1 aromatic rings. The zero-order valence-corrected chi connectivity index (χ0v) is 7.69. The number of hydrogen-bond donors (Lipinski definition) is 1. The van der Waals surface area contributed by atoms with E-state index in [9.17, 15) is 0 Å². The molecule has 1 rings (SSSR count). The number of aromatic nitrogens is 2. The van der Waals surface area contributed by atoms with Crippen molar-refractivity contribution in [2.24, 2.45) is 0 Å². The van der Waals surface area contributed by atoms with E-state index in [0.717, 1.165) is 13.0 Å². The minimum Gasteiger partial charge on any atom is -0.388 e. The molecule has 0 saturated carbocycles. The lowest BCUT2D eigenvalue weighted by Crippen LogP contribution is -1.99. The minimum atomic E-state index is -0.181. The van der Waals surface area contributed by atoms with Crippen LogP contribution >= 0.6 is 0 Å². The maximum Gasteiger partial charge on any atom is 0.229 e. The molecule has 0 spiro atoms. The van der Waals surface area contributed by atoms with E-state index in [4.69, 9.17) is 14.4 Å². The van der Waals surface area contributed by atoms with Crippen LogP contribution in [-0.2, 0) is 17.8 Å². The Balaban J connectivity index is 2.20. The van der Waals surface area contributed by atoms with Gasteiger partial charge in [-0.15, -0.1) is 0 Å². The van der Waals surface area contributed by atoms with E-state index in [1.165, 1.54) is 0 Å². The van der Waals surface area contributed by atoms with E-state index in [1.54, 1.807) is 0 Å². The summed E-state index contributed by atoms with van der Waals surface area (Å²) in [7, 11) is 0. The minimum absolute atomic E-state index is 0.181. The fourth-order valence-corrected chi connectivity index (χ4v) is 0.862. The second-order valence-corrected chi connectivity index (χ2v) is 2.62. The van der Waals surface area contributed by atoms with Gasteiger partial charge in [0.15, 0.2) is 5.82 Å². The third-order valence-electron chi connectivity index (χ3n) is 1.46. The summed E-state index contributed by atoms with van der Waals surface area (Å²) in [5.74, 6) is 0.839. The van der Waals surface area contributed by atoms with Crippen molar-refractivity contribution in [1.82, 2.24) is 10.1 Å². The average Bonchev–Trinajstić information content (AvgIpc) is 2.60. The number of aliphatic hydroxyl groups is 1. The molecule has 0 radical (unpaired) electrons. The molecule has 0 aliphatic rings. The number of rotatable bonds is 6. The first-order chi connectivity index (χ1) is 6.36. The van der Waals surface area contributed by atoms with Crippen molar-refractivity contribution < 1.29 is 14.4 Å². The van der Waals surface area contributed by atoms with E-state index in [0.29, 0.717) is 24.7 Å². The maximum absolute atomic E-state index is 8.64. The van der Waals surface area contributed by atoms with Crippen molar-refractivity contribution in [3.8, 4) is 0 Å². The molecule has 0 aliphatic heterocycles. The van der Waals surface area contributed by atoms with Gasteiger partial charge in [-0.2, -0.15) is 4.98 Å². The van der Waals surface area contributed by atoms with E-state index in [2.05, 4.69) is 17.1 Å². The molecule has 0 atom stereocenters. The first kappa shape index (κ1) is 10.1. The van der Waals surface area contributed by atoms with Gasteiger partial charge in [0.2, 0.25) is 5.89 Å². The Morgan fingerprint density at radius 3 is 2.92 bits per heavy atom. The average molecular weight is 186 g/mol. The summed E-state index contributed by atoms with van der Waals surface area (Å²) >= 11 is 0. The molecule has 13 heavy (non-hydrogen) atoms. The molecule has 0 unspecified atom stereocenters. The summed E-state index contributed by atoms with van der Waals surface area (Å²) in [6.07, 6.45) is 1.61. The van der Waals surface area contributed by atoms with Gasteiger partial charge >= 0.3 is 0 Å². The highest BCUT2D eigenvalue weighted by Gasteiger charge is 2.03. The van der Waals surface area contributed by atoms with Crippen molar-refractivity contribution in [1.29, 1.82) is 0 Å². The number of nitrogens with zero attached hydrogens (tertiary/aromatic N) is 2. The molecule has 0 saturated heterocycles. The van der Waals surface area contributed by atoms with Crippen molar-refractivity contribution in [2.45, 2.75) is 26.4 Å². The first-order valence-corrected chi connectivity index (χ1v) is 4.37. The third-order valence-corrected chi connectivity index (χ3v) is 1.46. The fourth-order valence-electron chi connectivity index (χ4n) is 0.862. The largest absolute Gasteiger partial charge is 0.388 e. The Hall–Kier alpha value is -0.940. The Morgan fingerprint density at radius 2 is 2.31 bits per heavy atom. The lowest BCUT2D eigenvalue weighted by atomic mass is 10.4. The standard InChI is InChI=1S/C8H14N2O3/c1-2-4-12-5-3-8-9-7(6-11)10-13-8/h11H,2-6H2,1H3. The van der Waals surface area contributed by atoms with Crippen LogP contribution in [0.5, 0.6) is 0 Å². The maximum atomic E-state index is 8.64. The molecule has 1 heterocycles. The number of ether oxygens (including phenoxy) is 1. The normalized spacial score (nSPS) is 10.6. The van der Waals surface area contributed by atoms with E-state index >= 15 is 0 Å². The van der Waals surface area contributed by atoms with Crippen LogP contribution in [0.3, 0.4) is 0 Å². The van der Waals surface area contributed by atoms with Crippen LogP contribution in [0.25, 0.3) is 0 Å². The second-order valence-electron chi connectivity index (χ2n) is 2.62. The van der Waals surface area contributed by atoms with Crippen LogP contribution in [0.15, 0.2) is 4.52 Å². The summed E-state index contributed by atoms with van der Waals surface area (Å²) in [4.78, 5) is 3.92. The van der Waals surface area contributed by atoms with Crippen molar-refractivity contribution in [3.05, 3.63) is 11.7 Å². The lowest BCUT2D eigenvalue weighted by Gasteiger charge is -1.97.